The highest BCUT2D eigenvalue weighted by Crippen LogP contribution is 2.42. The Kier molecular flexibility index (Phi) is 4.83. The summed E-state index contributed by atoms with van der Waals surface area (Å²) < 4.78 is 26.9. The van der Waals surface area contributed by atoms with E-state index in [0.717, 1.165) is 11.3 Å². The van der Waals surface area contributed by atoms with E-state index in [9.17, 15) is 13.6 Å². The molecule has 2 aromatic rings. The van der Waals surface area contributed by atoms with Crippen LogP contribution in [0.3, 0.4) is 0 Å². The molecule has 136 valence electrons. The smallest absolute Gasteiger partial charge is 0.287 e. The lowest BCUT2D eigenvalue weighted by atomic mass is 9.96. The number of hydrogen-bond donors (Lipinski definition) is 4. The second-order valence-corrected chi connectivity index (χ2v) is 6.90. The zero-order chi connectivity index (χ0) is 18.4. The third-order valence-electron chi connectivity index (χ3n) is 4.36. The van der Waals surface area contributed by atoms with Crippen molar-refractivity contribution >= 4 is 45.7 Å². The number of alkyl halides is 2. The van der Waals surface area contributed by atoms with Crippen LogP contribution in [0.15, 0.2) is 6.07 Å². The van der Waals surface area contributed by atoms with Gasteiger partial charge in [-0.3, -0.25) is 4.79 Å². The van der Waals surface area contributed by atoms with Crippen LogP contribution in [0, 0.1) is 0 Å². The Morgan fingerprint density at radius 2 is 2.16 bits per heavy atom. The van der Waals surface area contributed by atoms with E-state index < -0.39 is 25.0 Å². The first-order valence-electron chi connectivity index (χ1n) is 7.78. The Balaban J connectivity index is 2.18. The summed E-state index contributed by atoms with van der Waals surface area (Å²) in [5.41, 5.74) is 2.40. The first-order valence-corrected chi connectivity index (χ1v) is 8.53. The van der Waals surface area contributed by atoms with E-state index in [2.05, 4.69) is 15.6 Å². The van der Waals surface area contributed by atoms with Gasteiger partial charge in [-0.25, -0.2) is 8.78 Å². The van der Waals surface area contributed by atoms with E-state index in [0.29, 0.717) is 29.6 Å². The predicted molar refractivity (Wildman–Crippen MR) is 94.0 cm³/mol. The molecule has 1 aromatic carbocycles. The van der Waals surface area contributed by atoms with E-state index in [-0.39, 0.29) is 16.0 Å². The summed E-state index contributed by atoms with van der Waals surface area (Å²) in [4.78, 5) is 15.4. The fraction of sp³-hybridized carbons (Fsp3) is 0.438. The molecule has 1 amide bonds. The fourth-order valence-electron chi connectivity index (χ4n) is 3.08. The van der Waals surface area contributed by atoms with Gasteiger partial charge in [-0.15, -0.1) is 0 Å². The van der Waals surface area contributed by atoms with Crippen molar-refractivity contribution in [1.29, 1.82) is 0 Å². The zero-order valence-corrected chi connectivity index (χ0v) is 14.9. The number of hydrogen-bond acceptors (Lipinski definition) is 3. The lowest BCUT2D eigenvalue weighted by Gasteiger charge is -2.18. The minimum absolute atomic E-state index is 0.141. The van der Waals surface area contributed by atoms with E-state index in [4.69, 9.17) is 28.3 Å². The second kappa shape index (κ2) is 6.63. The molecule has 0 aliphatic carbocycles. The highest BCUT2D eigenvalue weighted by molar-refractivity contribution is 6.45. The Morgan fingerprint density at radius 1 is 1.44 bits per heavy atom. The van der Waals surface area contributed by atoms with Crippen molar-refractivity contribution in [3.8, 4) is 0 Å². The third kappa shape index (κ3) is 3.28. The third-order valence-corrected chi connectivity index (χ3v) is 5.15. The van der Waals surface area contributed by atoms with Crippen molar-refractivity contribution in [2.24, 2.45) is 0 Å². The van der Waals surface area contributed by atoms with Gasteiger partial charge in [0.2, 0.25) is 5.91 Å². The van der Waals surface area contributed by atoms with Crippen molar-refractivity contribution in [2.45, 2.75) is 25.2 Å². The second-order valence-electron chi connectivity index (χ2n) is 6.12. The summed E-state index contributed by atoms with van der Waals surface area (Å²) in [7, 11) is 0. The minimum atomic E-state index is -3.28. The molecule has 1 aromatic heterocycles. The van der Waals surface area contributed by atoms with Gasteiger partial charge in [0.15, 0.2) is 0 Å². The van der Waals surface area contributed by atoms with Crippen LogP contribution in [0.25, 0.3) is 10.9 Å². The van der Waals surface area contributed by atoms with Crippen molar-refractivity contribution in [2.75, 3.05) is 25.0 Å². The summed E-state index contributed by atoms with van der Waals surface area (Å²) in [6.45, 7) is 0.187. The maximum absolute atomic E-state index is 13.4. The van der Waals surface area contributed by atoms with Crippen molar-refractivity contribution in [3.05, 3.63) is 27.4 Å². The van der Waals surface area contributed by atoms with Crippen LogP contribution < -0.4 is 10.6 Å². The number of fused-ring (bicyclic) bond motifs is 3. The number of anilines is 1. The molecular weight excluding hydrogens is 375 g/mol. The van der Waals surface area contributed by atoms with Gasteiger partial charge in [0, 0.05) is 29.7 Å². The lowest BCUT2D eigenvalue weighted by Crippen LogP contribution is -2.31. The van der Waals surface area contributed by atoms with Crippen molar-refractivity contribution in [3.63, 3.8) is 0 Å². The SMILES string of the molecule is C[C@H]1C(=O)NCCc2[nH]c3c(Cl)c(Cl)cc(NCC(F)(F)CO)c3c21. The summed E-state index contributed by atoms with van der Waals surface area (Å²) in [5, 5.41) is 15.3. The maximum atomic E-state index is 13.4. The van der Waals surface area contributed by atoms with Gasteiger partial charge in [-0.1, -0.05) is 23.2 Å². The number of aromatic nitrogens is 1. The molecule has 1 aliphatic rings. The van der Waals surface area contributed by atoms with Gasteiger partial charge >= 0.3 is 0 Å². The molecule has 1 aliphatic heterocycles. The summed E-state index contributed by atoms with van der Waals surface area (Å²) >= 11 is 12.4. The molecule has 4 N–H and O–H groups in total. The fourth-order valence-corrected chi connectivity index (χ4v) is 3.48. The largest absolute Gasteiger partial charge is 0.390 e. The highest BCUT2D eigenvalue weighted by Gasteiger charge is 2.31. The monoisotopic (exact) mass is 391 g/mol. The number of aromatic amines is 1. The van der Waals surface area contributed by atoms with Crippen LogP contribution in [-0.4, -0.2) is 41.6 Å². The van der Waals surface area contributed by atoms with E-state index in [1.807, 2.05) is 0 Å². The molecule has 2 heterocycles. The molecule has 5 nitrogen and oxygen atoms in total. The summed E-state index contributed by atoms with van der Waals surface area (Å²) in [6.07, 6.45) is 0.570. The van der Waals surface area contributed by atoms with Crippen LogP contribution in [-0.2, 0) is 11.2 Å². The van der Waals surface area contributed by atoms with E-state index in [1.54, 1.807) is 6.92 Å². The van der Waals surface area contributed by atoms with Gasteiger partial charge in [0.1, 0.15) is 6.61 Å². The molecule has 0 fully saturated rings. The average molecular weight is 392 g/mol. The lowest BCUT2D eigenvalue weighted by molar-refractivity contribution is -0.121. The van der Waals surface area contributed by atoms with Gasteiger partial charge in [-0.2, -0.15) is 0 Å². The molecule has 0 unspecified atom stereocenters. The Morgan fingerprint density at radius 3 is 2.84 bits per heavy atom. The number of carbonyl (C=O) groups excluding carboxylic acids is 1. The molecule has 25 heavy (non-hydrogen) atoms. The van der Waals surface area contributed by atoms with Crippen molar-refractivity contribution in [1.82, 2.24) is 10.3 Å². The van der Waals surface area contributed by atoms with Crippen molar-refractivity contribution < 1.29 is 18.7 Å². The standard InChI is InChI=1S/C16H17Cl2F2N3O2/c1-7-11-9(2-3-21-15(7)25)23-14-12(11)10(4-8(17)13(14)18)22-5-16(19,20)6-24/h4,7,22-24H,2-3,5-6H2,1H3,(H,21,25)/t7-/m1/s1. The van der Waals surface area contributed by atoms with Gasteiger partial charge in [0.25, 0.3) is 5.92 Å². The minimum Gasteiger partial charge on any atom is -0.390 e. The Hall–Kier alpha value is -1.57. The number of H-pyrrole nitrogens is 1. The molecule has 0 saturated heterocycles. The highest BCUT2D eigenvalue weighted by atomic mass is 35.5. The first-order chi connectivity index (χ1) is 11.7. The van der Waals surface area contributed by atoms with Crippen LogP contribution in [0.5, 0.6) is 0 Å². The summed E-state index contributed by atoms with van der Waals surface area (Å²) in [5.74, 6) is -3.89. The molecule has 0 spiro atoms. The number of carbonyl (C=O) groups is 1. The quantitative estimate of drug-likeness (QED) is 0.645. The van der Waals surface area contributed by atoms with Crippen LogP contribution in [0.1, 0.15) is 24.1 Å². The molecule has 0 radical (unpaired) electrons. The van der Waals surface area contributed by atoms with Gasteiger partial charge < -0.3 is 20.7 Å². The number of amides is 1. The van der Waals surface area contributed by atoms with Crippen LogP contribution in [0.2, 0.25) is 10.0 Å². The molecule has 3 rings (SSSR count). The normalized spacial score (nSPS) is 18.0. The predicted octanol–water partition coefficient (Wildman–Crippen LogP) is 3.29. The topological polar surface area (TPSA) is 77.2 Å². The molecule has 9 heteroatoms. The van der Waals surface area contributed by atoms with E-state index in [1.165, 1.54) is 6.07 Å². The van der Waals surface area contributed by atoms with Crippen LogP contribution in [0.4, 0.5) is 14.5 Å². The van der Waals surface area contributed by atoms with E-state index >= 15 is 0 Å². The maximum Gasteiger partial charge on any atom is 0.287 e. The average Bonchev–Trinajstić information content (AvgIpc) is 2.89. The van der Waals surface area contributed by atoms with Gasteiger partial charge in [0.05, 0.1) is 28.0 Å². The number of benzene rings is 1. The Bertz CT molecular complexity index is 839. The number of halogens is 4. The molecule has 0 saturated carbocycles. The number of rotatable bonds is 4. The first kappa shape index (κ1) is 18.2. The number of nitrogens with one attached hydrogen (secondary N) is 3. The van der Waals surface area contributed by atoms with Gasteiger partial charge in [-0.05, 0) is 18.6 Å². The van der Waals surface area contributed by atoms with Crippen LogP contribution >= 0.6 is 23.2 Å². The zero-order valence-electron chi connectivity index (χ0n) is 13.4. The molecular formula is C16H17Cl2F2N3O2. The summed E-state index contributed by atoms with van der Waals surface area (Å²) in [6, 6.07) is 1.46. The number of aliphatic hydroxyl groups excluding tert-OH is 1. The molecule has 0 bridgehead atoms. The molecule has 1 atom stereocenters. The Labute approximate surface area is 152 Å². The number of aliphatic hydroxyl groups is 1.